The van der Waals surface area contributed by atoms with Crippen molar-refractivity contribution in [1.82, 2.24) is 20.0 Å². The van der Waals surface area contributed by atoms with E-state index in [1.807, 2.05) is 35.2 Å². The maximum atomic E-state index is 12.7. The number of carbonyl (C=O) groups is 1. The molecule has 1 aromatic heterocycles. The summed E-state index contributed by atoms with van der Waals surface area (Å²) in [6.07, 6.45) is 1.75. The van der Waals surface area contributed by atoms with Crippen LogP contribution in [0.15, 0.2) is 34.7 Å². The SMILES string of the molecule is CC(c1nnc(-c2ccccc2)o1)N1CCC(C(=O)N2CCOCC2)CC1. The molecule has 2 saturated heterocycles. The van der Waals surface area contributed by atoms with E-state index in [0.717, 1.165) is 44.6 Å². The van der Waals surface area contributed by atoms with Crippen LogP contribution in [0.1, 0.15) is 31.7 Å². The molecule has 2 aliphatic heterocycles. The van der Waals surface area contributed by atoms with Crippen molar-refractivity contribution >= 4 is 5.91 Å². The van der Waals surface area contributed by atoms with E-state index in [2.05, 4.69) is 22.0 Å². The lowest BCUT2D eigenvalue weighted by Gasteiger charge is -2.37. The average Bonchev–Trinajstić information content (AvgIpc) is 3.24. The Morgan fingerprint density at radius 3 is 2.48 bits per heavy atom. The van der Waals surface area contributed by atoms with Gasteiger partial charge in [-0.3, -0.25) is 9.69 Å². The molecule has 2 fully saturated rings. The largest absolute Gasteiger partial charge is 0.419 e. The van der Waals surface area contributed by atoms with Gasteiger partial charge in [-0.05, 0) is 45.0 Å². The highest BCUT2D eigenvalue weighted by Gasteiger charge is 2.32. The van der Waals surface area contributed by atoms with Gasteiger partial charge >= 0.3 is 0 Å². The highest BCUT2D eigenvalue weighted by atomic mass is 16.5. The maximum absolute atomic E-state index is 12.7. The molecule has 7 heteroatoms. The standard InChI is InChI=1S/C20H26N4O3/c1-15(18-21-22-19(27-18)16-5-3-2-4-6-16)23-9-7-17(8-10-23)20(25)24-11-13-26-14-12-24/h2-6,15,17H,7-14H2,1H3. The second kappa shape index (κ2) is 8.19. The van der Waals surface area contributed by atoms with Gasteiger partial charge in [-0.2, -0.15) is 0 Å². The van der Waals surface area contributed by atoms with Crippen LogP contribution < -0.4 is 0 Å². The molecule has 0 radical (unpaired) electrons. The molecule has 1 amide bonds. The highest BCUT2D eigenvalue weighted by molar-refractivity contribution is 5.79. The summed E-state index contributed by atoms with van der Waals surface area (Å²) >= 11 is 0. The Kier molecular flexibility index (Phi) is 5.50. The molecule has 144 valence electrons. The molecule has 0 saturated carbocycles. The van der Waals surface area contributed by atoms with Crippen LogP contribution in [0, 0.1) is 5.92 Å². The molecule has 0 N–H and O–H groups in total. The monoisotopic (exact) mass is 370 g/mol. The summed E-state index contributed by atoms with van der Waals surface area (Å²) < 4.78 is 11.2. The summed E-state index contributed by atoms with van der Waals surface area (Å²) in [5.41, 5.74) is 0.929. The zero-order valence-corrected chi connectivity index (χ0v) is 15.7. The van der Waals surface area contributed by atoms with Crippen LogP contribution in [-0.4, -0.2) is 65.3 Å². The lowest BCUT2D eigenvalue weighted by molar-refractivity contribution is -0.141. The van der Waals surface area contributed by atoms with Gasteiger partial charge in [0.2, 0.25) is 17.7 Å². The van der Waals surface area contributed by atoms with E-state index >= 15 is 0 Å². The minimum absolute atomic E-state index is 0.0504. The van der Waals surface area contributed by atoms with Crippen LogP contribution in [0.4, 0.5) is 0 Å². The van der Waals surface area contributed by atoms with E-state index in [1.165, 1.54) is 0 Å². The van der Waals surface area contributed by atoms with Crippen molar-refractivity contribution in [2.24, 2.45) is 5.92 Å². The van der Waals surface area contributed by atoms with Crippen LogP contribution in [0.2, 0.25) is 0 Å². The highest BCUT2D eigenvalue weighted by Crippen LogP contribution is 2.28. The van der Waals surface area contributed by atoms with Crippen LogP contribution in [0.25, 0.3) is 11.5 Å². The number of carbonyl (C=O) groups excluding carboxylic acids is 1. The van der Waals surface area contributed by atoms with Gasteiger partial charge < -0.3 is 14.1 Å². The number of piperidine rings is 1. The Hall–Kier alpha value is -2.25. The van der Waals surface area contributed by atoms with Crippen molar-refractivity contribution in [3.05, 3.63) is 36.2 Å². The number of likely N-dealkylation sites (tertiary alicyclic amines) is 1. The summed E-state index contributed by atoms with van der Waals surface area (Å²) in [7, 11) is 0. The first-order valence-electron chi connectivity index (χ1n) is 9.72. The molecule has 7 nitrogen and oxygen atoms in total. The number of amides is 1. The van der Waals surface area contributed by atoms with E-state index in [-0.39, 0.29) is 17.9 Å². The third-order valence-corrected chi connectivity index (χ3v) is 5.57. The third kappa shape index (κ3) is 4.04. The molecule has 2 aromatic rings. The molecule has 0 bridgehead atoms. The Balaban J connectivity index is 1.34. The molecule has 0 spiro atoms. The number of morpholine rings is 1. The van der Waals surface area contributed by atoms with Crippen molar-refractivity contribution in [2.75, 3.05) is 39.4 Å². The number of ether oxygens (including phenoxy) is 1. The van der Waals surface area contributed by atoms with E-state index in [0.29, 0.717) is 25.0 Å². The van der Waals surface area contributed by atoms with Crippen LogP contribution in [0.3, 0.4) is 0 Å². The molecule has 1 aromatic carbocycles. The summed E-state index contributed by atoms with van der Waals surface area (Å²) in [5.74, 6) is 1.59. The Labute approximate surface area is 159 Å². The van der Waals surface area contributed by atoms with Gasteiger partial charge in [0, 0.05) is 24.6 Å². The van der Waals surface area contributed by atoms with Gasteiger partial charge in [-0.15, -0.1) is 10.2 Å². The second-order valence-corrected chi connectivity index (χ2v) is 7.24. The third-order valence-electron chi connectivity index (χ3n) is 5.57. The molecule has 1 atom stereocenters. The number of hydrogen-bond acceptors (Lipinski definition) is 6. The van der Waals surface area contributed by atoms with Crippen molar-refractivity contribution in [2.45, 2.75) is 25.8 Å². The minimum Gasteiger partial charge on any atom is -0.419 e. The molecule has 2 aliphatic rings. The first-order valence-corrected chi connectivity index (χ1v) is 9.72. The van der Waals surface area contributed by atoms with Gasteiger partial charge in [-0.1, -0.05) is 18.2 Å². The van der Waals surface area contributed by atoms with E-state index in [4.69, 9.17) is 9.15 Å². The summed E-state index contributed by atoms with van der Waals surface area (Å²) in [4.78, 5) is 17.0. The van der Waals surface area contributed by atoms with E-state index in [1.54, 1.807) is 0 Å². The van der Waals surface area contributed by atoms with E-state index in [9.17, 15) is 4.79 Å². The summed E-state index contributed by atoms with van der Waals surface area (Å²) in [6.45, 7) is 6.58. The van der Waals surface area contributed by atoms with Crippen LogP contribution >= 0.6 is 0 Å². The van der Waals surface area contributed by atoms with Gasteiger partial charge in [0.25, 0.3) is 0 Å². The van der Waals surface area contributed by atoms with Crippen molar-refractivity contribution < 1.29 is 13.9 Å². The Bertz CT molecular complexity index is 750. The number of rotatable bonds is 4. The lowest BCUT2D eigenvalue weighted by atomic mass is 9.94. The topological polar surface area (TPSA) is 71.7 Å². The first kappa shape index (κ1) is 18.1. The molecule has 3 heterocycles. The quantitative estimate of drug-likeness (QED) is 0.823. The van der Waals surface area contributed by atoms with Crippen LogP contribution in [-0.2, 0) is 9.53 Å². The predicted molar refractivity (Wildman–Crippen MR) is 99.8 cm³/mol. The number of nitrogens with zero attached hydrogens (tertiary/aromatic N) is 4. The van der Waals surface area contributed by atoms with E-state index < -0.39 is 0 Å². The van der Waals surface area contributed by atoms with Gasteiger partial charge in [-0.25, -0.2) is 0 Å². The minimum atomic E-state index is 0.0504. The smallest absolute Gasteiger partial charge is 0.247 e. The molecule has 0 aliphatic carbocycles. The Morgan fingerprint density at radius 2 is 1.78 bits per heavy atom. The van der Waals surface area contributed by atoms with Crippen molar-refractivity contribution in [3.63, 3.8) is 0 Å². The number of hydrogen-bond donors (Lipinski definition) is 0. The summed E-state index contributed by atoms with van der Waals surface area (Å²) in [6, 6.07) is 9.85. The zero-order valence-electron chi connectivity index (χ0n) is 15.7. The van der Waals surface area contributed by atoms with Gasteiger partial charge in [0.15, 0.2) is 0 Å². The molecular weight excluding hydrogens is 344 g/mol. The fourth-order valence-electron chi connectivity index (χ4n) is 3.83. The molecular formula is C20H26N4O3. The fourth-order valence-corrected chi connectivity index (χ4v) is 3.83. The summed E-state index contributed by atoms with van der Waals surface area (Å²) in [5, 5.41) is 8.44. The normalized spacial score (nSPS) is 20.6. The maximum Gasteiger partial charge on any atom is 0.247 e. The molecule has 1 unspecified atom stereocenters. The van der Waals surface area contributed by atoms with Gasteiger partial charge in [0.05, 0.1) is 19.3 Å². The first-order chi connectivity index (χ1) is 13.2. The van der Waals surface area contributed by atoms with Crippen molar-refractivity contribution in [1.29, 1.82) is 0 Å². The fraction of sp³-hybridized carbons (Fsp3) is 0.550. The zero-order chi connectivity index (χ0) is 18.6. The van der Waals surface area contributed by atoms with Gasteiger partial charge in [0.1, 0.15) is 0 Å². The second-order valence-electron chi connectivity index (χ2n) is 7.24. The Morgan fingerprint density at radius 1 is 1.07 bits per heavy atom. The van der Waals surface area contributed by atoms with Crippen LogP contribution in [0.5, 0.6) is 0 Å². The average molecular weight is 370 g/mol. The predicted octanol–water partition coefficient (Wildman–Crippen LogP) is 2.37. The number of aromatic nitrogens is 2. The molecule has 4 rings (SSSR count). The van der Waals surface area contributed by atoms with Crippen molar-refractivity contribution in [3.8, 4) is 11.5 Å². The lowest BCUT2D eigenvalue weighted by Crippen LogP contribution is -2.47. The number of benzene rings is 1. The molecule has 27 heavy (non-hydrogen) atoms.